The molecule has 4 amide bonds. The Morgan fingerprint density at radius 1 is 1.13 bits per heavy atom. The zero-order valence-electron chi connectivity index (χ0n) is 22.4. The van der Waals surface area contributed by atoms with Crippen LogP contribution in [0, 0.1) is 17.3 Å². The maximum absolute atomic E-state index is 13.8. The van der Waals surface area contributed by atoms with E-state index in [1.165, 1.54) is 19.4 Å². The Hall–Kier alpha value is -3.73. The molecule has 3 N–H and O–H groups in total. The monoisotopic (exact) mass is 536 g/mol. The molecule has 3 heterocycles. The number of likely N-dealkylation sites (N-methyl/N-ethyl adjacent to an activating group) is 1. The van der Waals surface area contributed by atoms with E-state index in [1.54, 1.807) is 16.7 Å². The first-order valence-corrected chi connectivity index (χ1v) is 13.5. The molecule has 3 aliphatic rings. The molecule has 11 nitrogen and oxygen atoms in total. The number of benzene rings is 1. The summed E-state index contributed by atoms with van der Waals surface area (Å²) in [5.41, 5.74) is 0.808. The number of likely N-dealkylation sites (tertiary alicyclic amines) is 2. The van der Waals surface area contributed by atoms with Gasteiger partial charge in [0.05, 0.1) is 30.4 Å². The summed E-state index contributed by atoms with van der Waals surface area (Å²) in [6.07, 6.45) is 5.11. The molecular formula is C28H36N6O5. The molecule has 1 aromatic carbocycles. The quantitative estimate of drug-likeness (QED) is 0.414. The fourth-order valence-electron chi connectivity index (χ4n) is 5.65. The molecule has 0 radical (unpaired) electrons. The van der Waals surface area contributed by atoms with Crippen molar-refractivity contribution in [2.24, 2.45) is 17.3 Å². The van der Waals surface area contributed by atoms with Gasteiger partial charge in [-0.1, -0.05) is 30.3 Å². The van der Waals surface area contributed by atoms with Crippen LogP contribution in [-0.2, 0) is 25.7 Å². The molecule has 2 saturated heterocycles. The van der Waals surface area contributed by atoms with E-state index in [0.717, 1.165) is 18.4 Å². The van der Waals surface area contributed by atoms with Crippen LogP contribution in [0.4, 0.5) is 0 Å². The van der Waals surface area contributed by atoms with Crippen LogP contribution in [0.3, 0.4) is 0 Å². The first-order chi connectivity index (χ1) is 18.8. The molecule has 39 heavy (non-hydrogen) atoms. The third kappa shape index (κ3) is 5.83. The molecule has 3 atom stereocenters. The van der Waals surface area contributed by atoms with Crippen molar-refractivity contribution in [1.29, 1.82) is 0 Å². The van der Waals surface area contributed by atoms with Gasteiger partial charge < -0.3 is 25.2 Å². The van der Waals surface area contributed by atoms with E-state index in [-0.39, 0.29) is 30.2 Å². The highest BCUT2D eigenvalue weighted by Gasteiger charge is 2.59. The molecule has 1 aromatic heterocycles. The average Bonchev–Trinajstić information content (AvgIpc) is 3.40. The van der Waals surface area contributed by atoms with Crippen LogP contribution in [0.5, 0.6) is 0 Å². The number of hydrogen-bond acceptors (Lipinski definition) is 6. The maximum Gasteiger partial charge on any atom is 0.257 e. The Balaban J connectivity index is 1.29. The number of aromatic amines is 1. The molecule has 0 bridgehead atoms. The predicted octanol–water partition coefficient (Wildman–Crippen LogP) is 0.947. The molecule has 208 valence electrons. The lowest BCUT2D eigenvalue weighted by atomic mass is 9.71. The van der Waals surface area contributed by atoms with E-state index in [1.807, 2.05) is 30.3 Å². The average molecular weight is 537 g/mol. The van der Waals surface area contributed by atoms with Crippen LogP contribution in [0.1, 0.15) is 42.1 Å². The normalized spacial score (nSPS) is 21.2. The third-order valence-corrected chi connectivity index (χ3v) is 8.17. The van der Waals surface area contributed by atoms with Crippen LogP contribution < -0.4 is 10.6 Å². The molecular weight excluding hydrogens is 500 g/mol. The van der Waals surface area contributed by atoms with Crippen LogP contribution in [0.25, 0.3) is 0 Å². The van der Waals surface area contributed by atoms with E-state index in [0.29, 0.717) is 44.1 Å². The molecule has 0 unspecified atom stereocenters. The molecule has 1 spiro atoms. The van der Waals surface area contributed by atoms with Crippen molar-refractivity contribution in [2.75, 3.05) is 33.2 Å². The summed E-state index contributed by atoms with van der Waals surface area (Å²) >= 11 is 0. The second kappa shape index (κ2) is 11.2. The second-order valence-corrected chi connectivity index (χ2v) is 11.1. The summed E-state index contributed by atoms with van der Waals surface area (Å²) in [7, 11) is 1.52. The lowest BCUT2D eigenvalue weighted by Crippen LogP contribution is -2.65. The fraction of sp³-hybridized carbons (Fsp3) is 0.536. The molecule has 5 rings (SSSR count). The Labute approximate surface area is 227 Å². The van der Waals surface area contributed by atoms with Crippen molar-refractivity contribution in [1.82, 2.24) is 30.6 Å². The number of carbonyl (C=O) groups excluding carboxylic acids is 4. The minimum absolute atomic E-state index is 0.105. The number of amides is 4. The smallest absolute Gasteiger partial charge is 0.257 e. The fourth-order valence-corrected chi connectivity index (χ4v) is 5.65. The standard InChI is InChI=1S/C28H36N6O5/c1-18(39-14-20-6-4-3-5-7-20)24(26(37)29-2)32-25(36)22-13-33(27(38)21-11-30-31-12-21)15-28(22)16-34(17-28)23(35)10-19-8-9-19/h3-7,11-12,18-19,22,24H,8-10,13-17H2,1-2H3,(H,29,37)(H,30,31)(H,32,36)/t18-,22+,24+/m1/s1. The van der Waals surface area contributed by atoms with Gasteiger partial charge in [-0.15, -0.1) is 0 Å². The Morgan fingerprint density at radius 3 is 2.49 bits per heavy atom. The van der Waals surface area contributed by atoms with Crippen molar-refractivity contribution in [3.8, 4) is 0 Å². The zero-order chi connectivity index (χ0) is 27.6. The minimum Gasteiger partial charge on any atom is -0.371 e. The highest BCUT2D eigenvalue weighted by molar-refractivity contribution is 5.95. The Kier molecular flexibility index (Phi) is 7.69. The highest BCUT2D eigenvalue weighted by Crippen LogP contribution is 2.45. The van der Waals surface area contributed by atoms with E-state index >= 15 is 0 Å². The van der Waals surface area contributed by atoms with Crippen LogP contribution in [0.2, 0.25) is 0 Å². The van der Waals surface area contributed by atoms with Crippen molar-refractivity contribution >= 4 is 23.6 Å². The number of nitrogens with one attached hydrogen (secondary N) is 3. The van der Waals surface area contributed by atoms with Crippen molar-refractivity contribution in [3.05, 3.63) is 53.9 Å². The number of aromatic nitrogens is 2. The van der Waals surface area contributed by atoms with E-state index in [9.17, 15) is 19.2 Å². The number of H-pyrrole nitrogens is 1. The maximum atomic E-state index is 13.8. The summed E-state index contributed by atoms with van der Waals surface area (Å²) in [6.45, 7) is 3.42. The summed E-state index contributed by atoms with van der Waals surface area (Å²) in [4.78, 5) is 55.9. The number of carbonyl (C=O) groups is 4. The minimum atomic E-state index is -0.922. The number of hydrogen-bond donors (Lipinski definition) is 3. The van der Waals surface area contributed by atoms with Gasteiger partial charge in [-0.25, -0.2) is 0 Å². The Morgan fingerprint density at radius 2 is 1.85 bits per heavy atom. The van der Waals surface area contributed by atoms with Gasteiger partial charge in [-0.05, 0) is 31.2 Å². The molecule has 2 aromatic rings. The second-order valence-electron chi connectivity index (χ2n) is 11.1. The highest BCUT2D eigenvalue weighted by atomic mass is 16.5. The van der Waals surface area contributed by atoms with Gasteiger partial charge in [0.2, 0.25) is 17.7 Å². The molecule has 11 heteroatoms. The summed E-state index contributed by atoms with van der Waals surface area (Å²) in [5, 5.41) is 12.1. The molecule has 1 saturated carbocycles. The first-order valence-electron chi connectivity index (χ1n) is 13.5. The van der Waals surface area contributed by atoms with Crippen molar-refractivity contribution in [3.63, 3.8) is 0 Å². The summed E-state index contributed by atoms with van der Waals surface area (Å²) < 4.78 is 5.97. The van der Waals surface area contributed by atoms with E-state index in [2.05, 4.69) is 20.8 Å². The van der Waals surface area contributed by atoms with Gasteiger partial charge in [0.1, 0.15) is 6.04 Å². The zero-order valence-corrected chi connectivity index (χ0v) is 22.4. The number of ether oxygens (including phenoxy) is 1. The van der Waals surface area contributed by atoms with Crippen LogP contribution in [0.15, 0.2) is 42.7 Å². The molecule has 2 aliphatic heterocycles. The van der Waals surface area contributed by atoms with Crippen molar-refractivity contribution in [2.45, 2.75) is 44.9 Å². The molecule has 1 aliphatic carbocycles. The lowest BCUT2D eigenvalue weighted by molar-refractivity contribution is -0.151. The van der Waals surface area contributed by atoms with Crippen LogP contribution in [-0.4, -0.2) is 89.0 Å². The summed E-state index contributed by atoms with van der Waals surface area (Å²) in [6, 6.07) is 8.68. The number of rotatable bonds is 10. The number of nitrogens with zero attached hydrogens (tertiary/aromatic N) is 3. The topological polar surface area (TPSA) is 137 Å². The third-order valence-electron chi connectivity index (χ3n) is 8.17. The van der Waals surface area contributed by atoms with Gasteiger partial charge in [0, 0.05) is 51.3 Å². The van der Waals surface area contributed by atoms with Crippen LogP contribution >= 0.6 is 0 Å². The van der Waals surface area contributed by atoms with E-state index in [4.69, 9.17) is 4.74 Å². The molecule has 3 fully saturated rings. The summed E-state index contributed by atoms with van der Waals surface area (Å²) in [5.74, 6) is -0.905. The van der Waals surface area contributed by atoms with E-state index < -0.39 is 23.5 Å². The first kappa shape index (κ1) is 26.9. The predicted molar refractivity (Wildman–Crippen MR) is 141 cm³/mol. The largest absolute Gasteiger partial charge is 0.371 e. The van der Waals surface area contributed by atoms with Gasteiger partial charge in [0.25, 0.3) is 5.91 Å². The van der Waals surface area contributed by atoms with Gasteiger partial charge in [-0.3, -0.25) is 24.3 Å². The van der Waals surface area contributed by atoms with Crippen molar-refractivity contribution < 1.29 is 23.9 Å². The van der Waals surface area contributed by atoms with Gasteiger partial charge in [0.15, 0.2) is 0 Å². The van der Waals surface area contributed by atoms with Gasteiger partial charge >= 0.3 is 0 Å². The SMILES string of the molecule is CNC(=O)[C@@H](NC(=O)[C@@H]1CN(C(=O)c2cn[nH]c2)CC12CN(C(=O)CC1CC1)C2)[C@@H](C)OCc1ccccc1. The lowest BCUT2D eigenvalue weighted by Gasteiger charge is -2.50. The Bertz CT molecular complexity index is 1190. The van der Waals surface area contributed by atoms with Gasteiger partial charge in [-0.2, -0.15) is 5.10 Å².